The van der Waals surface area contributed by atoms with Crippen LogP contribution >= 0.6 is 0 Å². The van der Waals surface area contributed by atoms with Crippen LogP contribution in [0.4, 0.5) is 5.69 Å². The number of amides is 1. The molecular weight excluding hydrogens is 322 g/mol. The average molecular weight is 349 g/mol. The SMILES string of the molecule is Cc1cc(CN)ccc1C(=O)N1CCCN(C)/C=C\Cc2ccccc21. The lowest BCUT2D eigenvalue weighted by Gasteiger charge is -2.28. The molecule has 0 saturated carbocycles. The summed E-state index contributed by atoms with van der Waals surface area (Å²) in [6.07, 6.45) is 6.02. The molecule has 0 saturated heterocycles. The van der Waals surface area contributed by atoms with E-state index in [9.17, 15) is 4.79 Å². The van der Waals surface area contributed by atoms with Crippen molar-refractivity contribution in [3.05, 3.63) is 77.0 Å². The molecule has 0 fully saturated rings. The van der Waals surface area contributed by atoms with Gasteiger partial charge < -0.3 is 15.5 Å². The van der Waals surface area contributed by atoms with Crippen LogP contribution in [0.1, 0.15) is 33.5 Å². The molecule has 136 valence electrons. The van der Waals surface area contributed by atoms with E-state index in [4.69, 9.17) is 5.73 Å². The number of carbonyl (C=O) groups excluding carboxylic acids is 1. The number of benzene rings is 2. The average Bonchev–Trinajstić information content (AvgIpc) is 2.65. The highest BCUT2D eigenvalue weighted by atomic mass is 16.2. The van der Waals surface area contributed by atoms with Crippen LogP contribution in [0.5, 0.6) is 0 Å². The first-order valence-corrected chi connectivity index (χ1v) is 9.16. The van der Waals surface area contributed by atoms with Crippen molar-refractivity contribution in [2.45, 2.75) is 26.3 Å². The van der Waals surface area contributed by atoms with Crippen molar-refractivity contribution in [3.8, 4) is 0 Å². The van der Waals surface area contributed by atoms with E-state index in [0.717, 1.165) is 41.8 Å². The van der Waals surface area contributed by atoms with Crippen molar-refractivity contribution in [2.24, 2.45) is 5.73 Å². The Morgan fingerprint density at radius 1 is 1.15 bits per heavy atom. The van der Waals surface area contributed by atoms with E-state index in [1.165, 1.54) is 5.56 Å². The molecule has 0 bridgehead atoms. The number of carbonyl (C=O) groups is 1. The first kappa shape index (κ1) is 18.2. The van der Waals surface area contributed by atoms with Crippen molar-refractivity contribution in [1.29, 1.82) is 0 Å². The Labute approximate surface area is 155 Å². The van der Waals surface area contributed by atoms with Gasteiger partial charge in [0.1, 0.15) is 0 Å². The van der Waals surface area contributed by atoms with Crippen LogP contribution in [0.25, 0.3) is 0 Å². The summed E-state index contributed by atoms with van der Waals surface area (Å²) in [4.78, 5) is 17.5. The van der Waals surface area contributed by atoms with Gasteiger partial charge in [0.25, 0.3) is 5.91 Å². The molecule has 2 aromatic carbocycles. The first-order valence-electron chi connectivity index (χ1n) is 9.16. The van der Waals surface area contributed by atoms with Crippen molar-refractivity contribution in [2.75, 3.05) is 25.0 Å². The number of allylic oxidation sites excluding steroid dienone is 1. The molecule has 0 radical (unpaired) electrons. The molecule has 1 aliphatic rings. The number of anilines is 1. The van der Waals surface area contributed by atoms with Crippen LogP contribution in [0.3, 0.4) is 0 Å². The van der Waals surface area contributed by atoms with Gasteiger partial charge in [0, 0.05) is 37.9 Å². The molecule has 0 aliphatic carbocycles. The number of hydrogen-bond donors (Lipinski definition) is 1. The third-order valence-electron chi connectivity index (χ3n) is 4.87. The molecule has 0 atom stereocenters. The van der Waals surface area contributed by atoms with Crippen molar-refractivity contribution >= 4 is 11.6 Å². The fourth-order valence-electron chi connectivity index (χ4n) is 3.43. The minimum atomic E-state index is 0.0609. The Bertz CT molecular complexity index is 813. The Balaban J connectivity index is 1.99. The topological polar surface area (TPSA) is 49.6 Å². The van der Waals surface area contributed by atoms with Crippen LogP contribution < -0.4 is 10.6 Å². The maximum atomic E-state index is 13.4. The molecule has 0 unspecified atom stereocenters. The zero-order valence-corrected chi connectivity index (χ0v) is 15.6. The van der Waals surface area contributed by atoms with Crippen molar-refractivity contribution < 1.29 is 4.79 Å². The highest BCUT2D eigenvalue weighted by Crippen LogP contribution is 2.25. The molecule has 1 heterocycles. The van der Waals surface area contributed by atoms with Gasteiger partial charge in [-0.05, 0) is 54.8 Å². The molecule has 3 rings (SSSR count). The summed E-state index contributed by atoms with van der Waals surface area (Å²) in [5, 5.41) is 0. The van der Waals surface area contributed by atoms with E-state index in [0.29, 0.717) is 13.1 Å². The van der Waals surface area contributed by atoms with Gasteiger partial charge in [0.05, 0.1) is 0 Å². The second-order valence-electron chi connectivity index (χ2n) is 6.86. The number of aryl methyl sites for hydroxylation is 1. The van der Waals surface area contributed by atoms with Crippen LogP contribution in [-0.4, -0.2) is 30.9 Å². The molecule has 0 aromatic heterocycles. The molecule has 4 nitrogen and oxygen atoms in total. The van der Waals surface area contributed by atoms with Crippen LogP contribution in [-0.2, 0) is 13.0 Å². The normalized spacial score (nSPS) is 16.1. The van der Waals surface area contributed by atoms with Gasteiger partial charge in [-0.15, -0.1) is 0 Å². The number of nitrogens with zero attached hydrogens (tertiary/aromatic N) is 2. The van der Waals surface area contributed by atoms with E-state index >= 15 is 0 Å². The second kappa shape index (κ2) is 8.19. The molecule has 0 spiro atoms. The lowest BCUT2D eigenvalue weighted by atomic mass is 10.0. The Morgan fingerprint density at radius 2 is 1.96 bits per heavy atom. The molecule has 26 heavy (non-hydrogen) atoms. The number of nitrogens with two attached hydrogens (primary N) is 1. The zero-order valence-electron chi connectivity index (χ0n) is 15.6. The van der Waals surface area contributed by atoms with Gasteiger partial charge in [-0.2, -0.15) is 0 Å². The van der Waals surface area contributed by atoms with Gasteiger partial charge in [0.2, 0.25) is 0 Å². The smallest absolute Gasteiger partial charge is 0.258 e. The Kier molecular flexibility index (Phi) is 5.74. The number of fused-ring (bicyclic) bond motifs is 1. The van der Waals surface area contributed by atoms with E-state index < -0.39 is 0 Å². The van der Waals surface area contributed by atoms with Crippen LogP contribution in [0.15, 0.2) is 54.7 Å². The minimum absolute atomic E-state index is 0.0609. The second-order valence-corrected chi connectivity index (χ2v) is 6.86. The maximum absolute atomic E-state index is 13.4. The molecule has 1 amide bonds. The zero-order chi connectivity index (χ0) is 18.5. The summed E-state index contributed by atoms with van der Waals surface area (Å²) in [5.41, 5.74) is 10.7. The Hall–Kier alpha value is -2.59. The van der Waals surface area contributed by atoms with Crippen molar-refractivity contribution in [1.82, 2.24) is 4.90 Å². The number of para-hydroxylation sites is 1. The summed E-state index contributed by atoms with van der Waals surface area (Å²) < 4.78 is 0. The lowest BCUT2D eigenvalue weighted by Crippen LogP contribution is -2.35. The fourth-order valence-corrected chi connectivity index (χ4v) is 3.43. The highest BCUT2D eigenvalue weighted by Gasteiger charge is 2.21. The fraction of sp³-hybridized carbons (Fsp3) is 0.318. The minimum Gasteiger partial charge on any atom is -0.381 e. The summed E-state index contributed by atoms with van der Waals surface area (Å²) in [6, 6.07) is 14.1. The predicted molar refractivity (Wildman–Crippen MR) is 107 cm³/mol. The van der Waals surface area contributed by atoms with Gasteiger partial charge in [-0.3, -0.25) is 4.79 Å². The highest BCUT2D eigenvalue weighted by molar-refractivity contribution is 6.07. The summed E-state index contributed by atoms with van der Waals surface area (Å²) in [7, 11) is 2.08. The molecule has 2 aromatic rings. The summed E-state index contributed by atoms with van der Waals surface area (Å²) in [6.45, 7) is 4.09. The van der Waals surface area contributed by atoms with E-state index in [2.05, 4.69) is 36.4 Å². The first-order chi connectivity index (χ1) is 12.6. The monoisotopic (exact) mass is 349 g/mol. The van der Waals surface area contributed by atoms with Gasteiger partial charge >= 0.3 is 0 Å². The van der Waals surface area contributed by atoms with Gasteiger partial charge in [0.15, 0.2) is 0 Å². The molecule has 4 heteroatoms. The number of hydrogen-bond acceptors (Lipinski definition) is 3. The molecule has 1 aliphatic heterocycles. The van der Waals surface area contributed by atoms with Crippen molar-refractivity contribution in [3.63, 3.8) is 0 Å². The van der Waals surface area contributed by atoms with Gasteiger partial charge in [-0.1, -0.05) is 36.4 Å². The van der Waals surface area contributed by atoms with E-state index in [1.54, 1.807) is 0 Å². The van der Waals surface area contributed by atoms with Crippen LogP contribution in [0.2, 0.25) is 0 Å². The predicted octanol–water partition coefficient (Wildman–Crippen LogP) is 3.49. The third kappa shape index (κ3) is 3.97. The third-order valence-corrected chi connectivity index (χ3v) is 4.87. The lowest BCUT2D eigenvalue weighted by molar-refractivity contribution is 0.0985. The quantitative estimate of drug-likeness (QED) is 0.903. The molecular formula is C22H27N3O. The summed E-state index contributed by atoms with van der Waals surface area (Å²) >= 11 is 0. The standard InChI is InChI=1S/C22H27N3O/c1-17-15-18(16-23)10-11-20(17)22(26)25-14-6-13-24(2)12-5-8-19-7-3-4-9-21(19)25/h3-5,7,9-12,15H,6,8,13-14,16,23H2,1-2H3/b12-5-. The van der Waals surface area contributed by atoms with E-state index in [-0.39, 0.29) is 5.91 Å². The van der Waals surface area contributed by atoms with Crippen LogP contribution in [0, 0.1) is 6.92 Å². The number of rotatable bonds is 2. The Morgan fingerprint density at radius 3 is 2.73 bits per heavy atom. The van der Waals surface area contributed by atoms with Gasteiger partial charge in [-0.25, -0.2) is 0 Å². The largest absolute Gasteiger partial charge is 0.381 e. The van der Waals surface area contributed by atoms with E-state index in [1.807, 2.05) is 42.2 Å². The molecule has 2 N–H and O–H groups in total. The summed E-state index contributed by atoms with van der Waals surface area (Å²) in [5.74, 6) is 0.0609. The maximum Gasteiger partial charge on any atom is 0.258 e.